The first kappa shape index (κ1) is 23.7. The van der Waals surface area contributed by atoms with Gasteiger partial charge < -0.3 is 23.7 Å². The Morgan fingerprint density at radius 2 is 1.71 bits per heavy atom. The van der Waals surface area contributed by atoms with Crippen molar-refractivity contribution >= 4 is 23.0 Å². The van der Waals surface area contributed by atoms with Crippen molar-refractivity contribution in [2.24, 2.45) is 0 Å². The van der Waals surface area contributed by atoms with E-state index in [-0.39, 0.29) is 18.2 Å². The summed E-state index contributed by atoms with van der Waals surface area (Å²) in [6.45, 7) is 9.01. The first-order chi connectivity index (χ1) is 16.2. The SMILES string of the molecule is CCOC(=O)c1ccc(-n2ccc3c(OC4CCN(C(=O)OC(C)(C)C)CC4)cccc32)cc1. The van der Waals surface area contributed by atoms with Crippen LogP contribution in [0.25, 0.3) is 16.6 Å². The van der Waals surface area contributed by atoms with Crippen molar-refractivity contribution in [3.8, 4) is 11.4 Å². The third-order valence-electron chi connectivity index (χ3n) is 5.74. The monoisotopic (exact) mass is 464 g/mol. The van der Waals surface area contributed by atoms with Crippen molar-refractivity contribution in [2.45, 2.75) is 52.2 Å². The Bertz CT molecular complexity index is 1150. The molecule has 0 radical (unpaired) electrons. The lowest BCUT2D eigenvalue weighted by Gasteiger charge is -2.33. The molecule has 1 amide bonds. The van der Waals surface area contributed by atoms with Gasteiger partial charge in [-0.15, -0.1) is 0 Å². The molecule has 0 saturated carbocycles. The van der Waals surface area contributed by atoms with Gasteiger partial charge >= 0.3 is 12.1 Å². The van der Waals surface area contributed by atoms with Crippen molar-refractivity contribution in [1.82, 2.24) is 9.47 Å². The molecule has 0 bridgehead atoms. The minimum absolute atomic E-state index is 0.0384. The van der Waals surface area contributed by atoms with E-state index in [0.29, 0.717) is 25.3 Å². The highest BCUT2D eigenvalue weighted by Gasteiger charge is 2.28. The van der Waals surface area contributed by atoms with Crippen LogP contribution in [0.2, 0.25) is 0 Å². The fourth-order valence-electron chi connectivity index (χ4n) is 4.10. The van der Waals surface area contributed by atoms with Crippen LogP contribution < -0.4 is 4.74 Å². The number of carbonyl (C=O) groups excluding carboxylic acids is 2. The summed E-state index contributed by atoms with van der Waals surface area (Å²) in [6, 6.07) is 15.4. The van der Waals surface area contributed by atoms with E-state index in [1.807, 2.05) is 63.4 Å². The third kappa shape index (κ3) is 5.35. The number of aromatic nitrogens is 1. The van der Waals surface area contributed by atoms with Crippen molar-refractivity contribution in [1.29, 1.82) is 0 Å². The summed E-state index contributed by atoms with van der Waals surface area (Å²) in [5.41, 5.74) is 2.01. The molecule has 1 aliphatic heterocycles. The number of esters is 1. The lowest BCUT2D eigenvalue weighted by molar-refractivity contribution is 0.0127. The van der Waals surface area contributed by atoms with Gasteiger partial charge in [0.25, 0.3) is 0 Å². The summed E-state index contributed by atoms with van der Waals surface area (Å²) < 4.78 is 19.0. The molecule has 2 aromatic carbocycles. The fraction of sp³-hybridized carbons (Fsp3) is 0.407. The Kier molecular flexibility index (Phi) is 6.82. The van der Waals surface area contributed by atoms with Gasteiger partial charge in [0.1, 0.15) is 17.5 Å². The number of benzene rings is 2. The van der Waals surface area contributed by atoms with E-state index in [4.69, 9.17) is 14.2 Å². The van der Waals surface area contributed by atoms with Crippen LogP contribution in [0.15, 0.2) is 54.7 Å². The molecule has 0 N–H and O–H groups in total. The highest BCUT2D eigenvalue weighted by molar-refractivity contribution is 5.90. The maximum Gasteiger partial charge on any atom is 0.410 e. The number of hydrogen-bond donors (Lipinski definition) is 0. The maximum atomic E-state index is 12.3. The number of likely N-dealkylation sites (tertiary alicyclic amines) is 1. The normalized spacial score (nSPS) is 14.8. The molecule has 0 atom stereocenters. The van der Waals surface area contributed by atoms with E-state index in [9.17, 15) is 9.59 Å². The van der Waals surface area contributed by atoms with E-state index in [1.54, 1.807) is 24.0 Å². The Morgan fingerprint density at radius 1 is 1.00 bits per heavy atom. The van der Waals surface area contributed by atoms with Crippen LogP contribution in [-0.2, 0) is 9.47 Å². The molecule has 0 spiro atoms. The van der Waals surface area contributed by atoms with E-state index in [2.05, 4.69) is 4.57 Å². The first-order valence-corrected chi connectivity index (χ1v) is 11.8. The molecular weight excluding hydrogens is 432 g/mol. The van der Waals surface area contributed by atoms with Gasteiger partial charge in [-0.05, 0) is 70.2 Å². The second-order valence-corrected chi connectivity index (χ2v) is 9.43. The minimum atomic E-state index is -0.494. The van der Waals surface area contributed by atoms with Crippen molar-refractivity contribution in [3.63, 3.8) is 0 Å². The average Bonchev–Trinajstić information content (AvgIpc) is 3.24. The van der Waals surface area contributed by atoms with Gasteiger partial charge in [0.05, 0.1) is 17.7 Å². The largest absolute Gasteiger partial charge is 0.490 e. The van der Waals surface area contributed by atoms with Crippen LogP contribution in [0.1, 0.15) is 50.9 Å². The van der Waals surface area contributed by atoms with E-state index >= 15 is 0 Å². The van der Waals surface area contributed by atoms with Crippen LogP contribution in [0.5, 0.6) is 5.75 Å². The molecule has 1 aliphatic rings. The number of rotatable bonds is 5. The summed E-state index contributed by atoms with van der Waals surface area (Å²) >= 11 is 0. The van der Waals surface area contributed by atoms with Crippen molar-refractivity contribution in [3.05, 3.63) is 60.3 Å². The van der Waals surface area contributed by atoms with Crippen LogP contribution in [-0.4, -0.2) is 52.9 Å². The fourth-order valence-corrected chi connectivity index (χ4v) is 4.10. The molecule has 0 unspecified atom stereocenters. The summed E-state index contributed by atoms with van der Waals surface area (Å²) in [5.74, 6) is 0.509. The van der Waals surface area contributed by atoms with Crippen molar-refractivity contribution < 1.29 is 23.8 Å². The number of fused-ring (bicyclic) bond motifs is 1. The molecule has 3 aromatic rings. The molecule has 180 valence electrons. The van der Waals surface area contributed by atoms with E-state index in [1.165, 1.54) is 0 Å². The quantitative estimate of drug-likeness (QED) is 0.461. The molecule has 7 heteroatoms. The highest BCUT2D eigenvalue weighted by atomic mass is 16.6. The Labute approximate surface area is 200 Å². The maximum absolute atomic E-state index is 12.3. The molecule has 0 aliphatic carbocycles. The number of piperidine rings is 1. The van der Waals surface area contributed by atoms with Crippen molar-refractivity contribution in [2.75, 3.05) is 19.7 Å². The lowest BCUT2D eigenvalue weighted by Crippen LogP contribution is -2.44. The second-order valence-electron chi connectivity index (χ2n) is 9.43. The van der Waals surface area contributed by atoms with Crippen LogP contribution in [0.4, 0.5) is 4.79 Å². The Morgan fingerprint density at radius 3 is 2.35 bits per heavy atom. The van der Waals surface area contributed by atoms with Crippen LogP contribution in [0, 0.1) is 0 Å². The first-order valence-electron chi connectivity index (χ1n) is 11.8. The van der Waals surface area contributed by atoms with Gasteiger partial charge in [-0.25, -0.2) is 9.59 Å². The predicted octanol–water partition coefficient (Wildman–Crippen LogP) is 5.59. The molecule has 1 fully saturated rings. The Balaban J connectivity index is 1.45. The second kappa shape index (κ2) is 9.79. The molecule has 34 heavy (non-hydrogen) atoms. The molecule has 4 rings (SSSR count). The summed E-state index contributed by atoms with van der Waals surface area (Å²) in [6.07, 6.45) is 3.29. The number of ether oxygens (including phenoxy) is 3. The van der Waals surface area contributed by atoms with Gasteiger partial charge in [0.2, 0.25) is 0 Å². The summed E-state index contributed by atoms with van der Waals surface area (Å²) in [4.78, 5) is 26.0. The molecular formula is C27H32N2O5. The third-order valence-corrected chi connectivity index (χ3v) is 5.74. The van der Waals surface area contributed by atoms with Gasteiger partial charge in [0.15, 0.2) is 0 Å². The number of carbonyl (C=O) groups is 2. The summed E-state index contributed by atoms with van der Waals surface area (Å²) in [7, 11) is 0. The number of amides is 1. The van der Waals surface area contributed by atoms with Crippen LogP contribution >= 0.6 is 0 Å². The van der Waals surface area contributed by atoms with Gasteiger partial charge in [-0.2, -0.15) is 0 Å². The molecule has 1 aromatic heterocycles. The standard InChI is InChI=1S/C27H32N2O5/c1-5-32-25(30)19-9-11-20(12-10-19)29-18-15-22-23(29)7-6-8-24(22)33-21-13-16-28(17-14-21)26(31)34-27(2,3)4/h6-12,15,18,21H,5,13-14,16-17H2,1-4H3. The van der Waals surface area contributed by atoms with E-state index in [0.717, 1.165) is 35.2 Å². The van der Waals surface area contributed by atoms with Gasteiger partial charge in [-0.3, -0.25) is 0 Å². The zero-order valence-electron chi connectivity index (χ0n) is 20.2. The average molecular weight is 465 g/mol. The van der Waals surface area contributed by atoms with E-state index < -0.39 is 5.60 Å². The lowest BCUT2D eigenvalue weighted by atomic mass is 10.1. The van der Waals surface area contributed by atoms with Gasteiger partial charge in [0, 0.05) is 43.2 Å². The topological polar surface area (TPSA) is 70.0 Å². The Hall–Kier alpha value is -3.48. The smallest absolute Gasteiger partial charge is 0.410 e. The molecule has 7 nitrogen and oxygen atoms in total. The molecule has 2 heterocycles. The minimum Gasteiger partial charge on any atom is -0.490 e. The molecule has 1 saturated heterocycles. The van der Waals surface area contributed by atoms with Crippen LogP contribution in [0.3, 0.4) is 0 Å². The van der Waals surface area contributed by atoms with Gasteiger partial charge in [-0.1, -0.05) is 6.07 Å². The predicted molar refractivity (Wildman–Crippen MR) is 131 cm³/mol. The zero-order valence-corrected chi connectivity index (χ0v) is 20.2. The number of hydrogen-bond acceptors (Lipinski definition) is 5. The number of nitrogens with zero attached hydrogens (tertiary/aromatic N) is 2. The zero-order chi connectivity index (χ0) is 24.3. The highest BCUT2D eigenvalue weighted by Crippen LogP contribution is 2.31. The summed E-state index contributed by atoms with van der Waals surface area (Å²) in [5, 5.41) is 1.02.